The standard InChI is InChI=1S/C18H25N/c1-4-14(5-2)13-18(19-3)17-12-8-10-15-9-6-7-11-16(15)17/h6-12,14,18-19H,4-5,13H2,1-3H3. The molecule has 19 heavy (non-hydrogen) atoms. The van der Waals surface area contributed by atoms with E-state index >= 15 is 0 Å². The molecular formula is C18H25N. The summed E-state index contributed by atoms with van der Waals surface area (Å²) in [5.41, 5.74) is 1.44. The average Bonchev–Trinajstić information content (AvgIpc) is 2.48. The van der Waals surface area contributed by atoms with Crippen molar-refractivity contribution in [1.29, 1.82) is 0 Å². The third-order valence-electron chi connectivity index (χ3n) is 4.27. The quantitative estimate of drug-likeness (QED) is 0.772. The smallest absolute Gasteiger partial charge is 0.0326 e. The van der Waals surface area contributed by atoms with Gasteiger partial charge in [0.15, 0.2) is 0 Å². The highest BCUT2D eigenvalue weighted by Crippen LogP contribution is 2.30. The van der Waals surface area contributed by atoms with E-state index in [1.54, 1.807) is 0 Å². The maximum Gasteiger partial charge on any atom is 0.0326 e. The maximum atomic E-state index is 3.51. The second kappa shape index (κ2) is 6.72. The minimum atomic E-state index is 0.455. The first-order chi connectivity index (χ1) is 9.30. The van der Waals surface area contributed by atoms with E-state index in [2.05, 4.69) is 68.7 Å². The van der Waals surface area contributed by atoms with E-state index in [1.165, 1.54) is 35.6 Å². The molecule has 0 radical (unpaired) electrons. The lowest BCUT2D eigenvalue weighted by molar-refractivity contribution is 0.387. The summed E-state index contributed by atoms with van der Waals surface area (Å²) in [5.74, 6) is 0.802. The Labute approximate surface area is 117 Å². The fourth-order valence-electron chi connectivity index (χ4n) is 2.91. The highest BCUT2D eigenvalue weighted by Gasteiger charge is 2.16. The molecule has 2 rings (SSSR count). The maximum absolute atomic E-state index is 3.51. The third kappa shape index (κ3) is 3.16. The van der Waals surface area contributed by atoms with Gasteiger partial charge in [-0.15, -0.1) is 0 Å². The van der Waals surface area contributed by atoms with Crippen LogP contribution in [0.2, 0.25) is 0 Å². The van der Waals surface area contributed by atoms with Gasteiger partial charge in [0, 0.05) is 6.04 Å². The summed E-state index contributed by atoms with van der Waals surface area (Å²) < 4.78 is 0. The van der Waals surface area contributed by atoms with Crippen molar-refractivity contribution >= 4 is 10.8 Å². The molecule has 0 heterocycles. The van der Waals surface area contributed by atoms with E-state index in [1.807, 2.05) is 0 Å². The van der Waals surface area contributed by atoms with E-state index in [-0.39, 0.29) is 0 Å². The molecule has 0 amide bonds. The Balaban J connectivity index is 2.35. The number of nitrogens with one attached hydrogen (secondary N) is 1. The van der Waals surface area contributed by atoms with E-state index < -0.39 is 0 Å². The van der Waals surface area contributed by atoms with Gasteiger partial charge in [-0.1, -0.05) is 69.2 Å². The van der Waals surface area contributed by atoms with Gasteiger partial charge in [-0.2, -0.15) is 0 Å². The molecule has 102 valence electrons. The Morgan fingerprint density at radius 2 is 1.63 bits per heavy atom. The first-order valence-corrected chi connectivity index (χ1v) is 7.45. The fourth-order valence-corrected chi connectivity index (χ4v) is 2.91. The number of hydrogen-bond acceptors (Lipinski definition) is 1. The Hall–Kier alpha value is -1.34. The van der Waals surface area contributed by atoms with Gasteiger partial charge in [-0.25, -0.2) is 0 Å². The molecule has 2 aromatic rings. The monoisotopic (exact) mass is 255 g/mol. The van der Waals surface area contributed by atoms with Gasteiger partial charge in [0.25, 0.3) is 0 Å². The lowest BCUT2D eigenvalue weighted by Gasteiger charge is -2.23. The van der Waals surface area contributed by atoms with Crippen molar-refractivity contribution in [3.8, 4) is 0 Å². The summed E-state index contributed by atoms with van der Waals surface area (Å²) in [6.45, 7) is 4.59. The van der Waals surface area contributed by atoms with Gasteiger partial charge in [0.05, 0.1) is 0 Å². The lowest BCUT2D eigenvalue weighted by atomic mass is 9.89. The van der Waals surface area contributed by atoms with Crippen molar-refractivity contribution in [3.05, 3.63) is 48.0 Å². The van der Waals surface area contributed by atoms with Gasteiger partial charge in [-0.05, 0) is 35.7 Å². The van der Waals surface area contributed by atoms with Crippen molar-refractivity contribution < 1.29 is 0 Å². The number of benzene rings is 2. The summed E-state index contributed by atoms with van der Waals surface area (Å²) >= 11 is 0. The zero-order chi connectivity index (χ0) is 13.7. The topological polar surface area (TPSA) is 12.0 Å². The largest absolute Gasteiger partial charge is 0.313 e. The second-order valence-electron chi connectivity index (χ2n) is 5.33. The van der Waals surface area contributed by atoms with Crippen LogP contribution in [-0.4, -0.2) is 7.05 Å². The molecule has 1 N–H and O–H groups in total. The van der Waals surface area contributed by atoms with Crippen molar-refractivity contribution in [1.82, 2.24) is 5.32 Å². The van der Waals surface area contributed by atoms with Gasteiger partial charge in [-0.3, -0.25) is 0 Å². The highest BCUT2D eigenvalue weighted by molar-refractivity contribution is 5.86. The van der Waals surface area contributed by atoms with Crippen LogP contribution in [-0.2, 0) is 0 Å². The van der Waals surface area contributed by atoms with Crippen LogP contribution >= 0.6 is 0 Å². The first kappa shape index (κ1) is 14.1. The van der Waals surface area contributed by atoms with E-state index in [0.29, 0.717) is 6.04 Å². The predicted molar refractivity (Wildman–Crippen MR) is 84.4 cm³/mol. The molecule has 1 heteroatoms. The van der Waals surface area contributed by atoms with Gasteiger partial charge >= 0.3 is 0 Å². The van der Waals surface area contributed by atoms with Crippen LogP contribution in [0.5, 0.6) is 0 Å². The molecule has 1 nitrogen and oxygen atoms in total. The van der Waals surface area contributed by atoms with Gasteiger partial charge < -0.3 is 5.32 Å². The van der Waals surface area contributed by atoms with Crippen molar-refractivity contribution in [3.63, 3.8) is 0 Å². The van der Waals surface area contributed by atoms with Gasteiger partial charge in [0.2, 0.25) is 0 Å². The molecule has 0 aliphatic carbocycles. The molecule has 0 bridgehead atoms. The summed E-state index contributed by atoms with van der Waals surface area (Å²) in [6.07, 6.45) is 3.75. The Morgan fingerprint density at radius 3 is 2.32 bits per heavy atom. The molecule has 0 saturated carbocycles. The van der Waals surface area contributed by atoms with E-state index in [0.717, 1.165) is 5.92 Å². The Morgan fingerprint density at radius 1 is 0.947 bits per heavy atom. The highest BCUT2D eigenvalue weighted by atomic mass is 14.9. The minimum absolute atomic E-state index is 0.455. The van der Waals surface area contributed by atoms with Crippen molar-refractivity contribution in [2.75, 3.05) is 7.05 Å². The van der Waals surface area contributed by atoms with Crippen LogP contribution in [0.4, 0.5) is 0 Å². The first-order valence-electron chi connectivity index (χ1n) is 7.45. The Bertz CT molecular complexity index is 509. The summed E-state index contributed by atoms with van der Waals surface area (Å²) in [4.78, 5) is 0. The zero-order valence-corrected chi connectivity index (χ0v) is 12.3. The molecule has 1 unspecified atom stereocenters. The van der Waals surface area contributed by atoms with Crippen LogP contribution in [0.1, 0.15) is 44.7 Å². The molecule has 0 aliphatic heterocycles. The fraction of sp³-hybridized carbons (Fsp3) is 0.444. The predicted octanol–water partition coefficient (Wildman–Crippen LogP) is 4.93. The van der Waals surface area contributed by atoms with Crippen LogP contribution in [0, 0.1) is 5.92 Å². The zero-order valence-electron chi connectivity index (χ0n) is 12.3. The van der Waals surface area contributed by atoms with E-state index in [4.69, 9.17) is 0 Å². The van der Waals surface area contributed by atoms with Crippen LogP contribution in [0.15, 0.2) is 42.5 Å². The number of rotatable bonds is 6. The number of fused-ring (bicyclic) bond motifs is 1. The van der Waals surface area contributed by atoms with Crippen molar-refractivity contribution in [2.24, 2.45) is 5.92 Å². The normalized spacial score (nSPS) is 13.1. The lowest BCUT2D eigenvalue weighted by Crippen LogP contribution is -2.20. The van der Waals surface area contributed by atoms with E-state index in [9.17, 15) is 0 Å². The minimum Gasteiger partial charge on any atom is -0.313 e. The third-order valence-corrected chi connectivity index (χ3v) is 4.27. The van der Waals surface area contributed by atoms with Crippen LogP contribution < -0.4 is 5.32 Å². The molecule has 0 fully saturated rings. The molecule has 0 aromatic heterocycles. The molecule has 2 aromatic carbocycles. The molecule has 0 aliphatic rings. The second-order valence-corrected chi connectivity index (χ2v) is 5.33. The van der Waals surface area contributed by atoms with Crippen LogP contribution in [0.3, 0.4) is 0 Å². The summed E-state index contributed by atoms with van der Waals surface area (Å²) in [7, 11) is 2.08. The van der Waals surface area contributed by atoms with Crippen molar-refractivity contribution in [2.45, 2.75) is 39.2 Å². The molecular weight excluding hydrogens is 230 g/mol. The summed E-state index contributed by atoms with van der Waals surface area (Å²) in [5, 5.41) is 6.23. The molecule has 0 spiro atoms. The van der Waals surface area contributed by atoms with Crippen LogP contribution in [0.25, 0.3) is 10.8 Å². The average molecular weight is 255 g/mol. The van der Waals surface area contributed by atoms with Gasteiger partial charge in [0.1, 0.15) is 0 Å². The molecule has 1 atom stereocenters. The number of hydrogen-bond donors (Lipinski definition) is 1. The SMILES string of the molecule is CCC(CC)CC(NC)c1cccc2ccccc12. The Kier molecular flexibility index (Phi) is 4.98. The molecule has 0 saturated heterocycles. The summed E-state index contributed by atoms with van der Waals surface area (Å²) in [6, 6.07) is 15.8.